The Labute approximate surface area is 184 Å². The fraction of sp³-hybridized carbons (Fsp3) is 0.318. The summed E-state index contributed by atoms with van der Waals surface area (Å²) in [5.41, 5.74) is 4.39. The molecule has 4 rings (SSSR count). The molecule has 9 heteroatoms. The van der Waals surface area contributed by atoms with E-state index >= 15 is 0 Å². The number of benzene rings is 2. The normalized spacial score (nSPS) is 13.1. The Kier molecular flexibility index (Phi) is 6.81. The Morgan fingerprint density at radius 1 is 1.16 bits per heavy atom. The highest BCUT2D eigenvalue weighted by molar-refractivity contribution is 6.02. The van der Waals surface area contributed by atoms with E-state index in [1.807, 2.05) is 37.3 Å². The minimum absolute atomic E-state index is 0. The van der Waals surface area contributed by atoms with Crippen LogP contribution in [0.5, 0.6) is 5.75 Å². The van der Waals surface area contributed by atoms with Gasteiger partial charge in [-0.3, -0.25) is 0 Å². The molecule has 0 unspecified atom stereocenters. The van der Waals surface area contributed by atoms with Gasteiger partial charge in [0.2, 0.25) is 0 Å². The molecule has 0 amide bonds. The van der Waals surface area contributed by atoms with Crippen LogP contribution in [-0.2, 0) is 6.42 Å². The SMILES string of the molecule is Cc1ccccc1N1CCc2c(NCCO)nc3c(OCC(F)(F)F)cccc3c21.Cl. The number of fused-ring (bicyclic) bond motifs is 3. The number of halogens is 4. The van der Waals surface area contributed by atoms with E-state index < -0.39 is 12.8 Å². The van der Waals surface area contributed by atoms with Crippen LogP contribution in [0, 0.1) is 6.92 Å². The molecule has 0 radical (unpaired) electrons. The number of aliphatic hydroxyl groups is 1. The van der Waals surface area contributed by atoms with Crippen molar-refractivity contribution < 1.29 is 23.0 Å². The highest BCUT2D eigenvalue weighted by Gasteiger charge is 2.31. The van der Waals surface area contributed by atoms with E-state index in [4.69, 9.17) is 4.74 Å². The Balaban J connectivity index is 0.00000272. The molecule has 2 heterocycles. The zero-order valence-electron chi connectivity index (χ0n) is 16.9. The molecule has 0 aliphatic carbocycles. The van der Waals surface area contributed by atoms with Crippen molar-refractivity contribution in [2.75, 3.05) is 36.5 Å². The molecule has 0 fully saturated rings. The predicted molar refractivity (Wildman–Crippen MR) is 118 cm³/mol. The van der Waals surface area contributed by atoms with Crippen LogP contribution in [0.25, 0.3) is 10.9 Å². The molecule has 2 aromatic carbocycles. The lowest BCUT2D eigenvalue weighted by atomic mass is 10.1. The zero-order valence-corrected chi connectivity index (χ0v) is 17.7. The summed E-state index contributed by atoms with van der Waals surface area (Å²) in [6, 6.07) is 13.0. The number of rotatable bonds is 6. The molecule has 0 saturated carbocycles. The molecule has 166 valence electrons. The fourth-order valence-corrected chi connectivity index (χ4v) is 3.87. The highest BCUT2D eigenvalue weighted by Crippen LogP contribution is 2.45. The number of para-hydroxylation sites is 2. The second-order valence-corrected chi connectivity index (χ2v) is 7.18. The molecule has 1 aromatic heterocycles. The maximum Gasteiger partial charge on any atom is 0.422 e. The minimum atomic E-state index is -4.44. The maximum atomic E-state index is 12.7. The molecule has 0 spiro atoms. The van der Waals surface area contributed by atoms with Gasteiger partial charge in [-0.15, -0.1) is 12.4 Å². The van der Waals surface area contributed by atoms with Crippen LogP contribution >= 0.6 is 12.4 Å². The van der Waals surface area contributed by atoms with E-state index in [2.05, 4.69) is 15.2 Å². The van der Waals surface area contributed by atoms with Gasteiger partial charge in [0.15, 0.2) is 6.61 Å². The van der Waals surface area contributed by atoms with Crippen molar-refractivity contribution in [2.24, 2.45) is 0 Å². The minimum Gasteiger partial charge on any atom is -0.482 e. The molecule has 5 nitrogen and oxygen atoms in total. The summed E-state index contributed by atoms with van der Waals surface area (Å²) in [5.74, 6) is 0.641. The molecular weight excluding hydrogens is 431 g/mol. The van der Waals surface area contributed by atoms with Gasteiger partial charge in [0.05, 0.1) is 12.3 Å². The summed E-state index contributed by atoms with van der Waals surface area (Å²) in [6.07, 6.45) is -3.71. The van der Waals surface area contributed by atoms with Gasteiger partial charge in [0.25, 0.3) is 0 Å². The van der Waals surface area contributed by atoms with Crippen LogP contribution in [0.15, 0.2) is 42.5 Å². The first kappa shape index (κ1) is 23.0. The van der Waals surface area contributed by atoms with E-state index in [9.17, 15) is 18.3 Å². The first-order chi connectivity index (χ1) is 14.4. The number of hydrogen-bond donors (Lipinski definition) is 2. The first-order valence-corrected chi connectivity index (χ1v) is 9.72. The fourth-order valence-electron chi connectivity index (χ4n) is 3.87. The van der Waals surface area contributed by atoms with Gasteiger partial charge in [-0.05, 0) is 31.0 Å². The van der Waals surface area contributed by atoms with Crippen LogP contribution < -0.4 is 15.0 Å². The number of aryl methyl sites for hydroxylation is 1. The first-order valence-electron chi connectivity index (χ1n) is 9.72. The van der Waals surface area contributed by atoms with Gasteiger partial charge in [0, 0.05) is 29.7 Å². The summed E-state index contributed by atoms with van der Waals surface area (Å²) in [5, 5.41) is 13.1. The molecule has 3 aromatic rings. The quantitative estimate of drug-likeness (QED) is 0.550. The number of hydrogen-bond acceptors (Lipinski definition) is 5. The van der Waals surface area contributed by atoms with Crippen molar-refractivity contribution >= 4 is 40.5 Å². The number of ether oxygens (including phenoxy) is 1. The lowest BCUT2D eigenvalue weighted by molar-refractivity contribution is -0.153. The van der Waals surface area contributed by atoms with Crippen LogP contribution in [0.3, 0.4) is 0 Å². The number of nitrogens with zero attached hydrogens (tertiary/aromatic N) is 2. The van der Waals surface area contributed by atoms with E-state index in [-0.39, 0.29) is 24.8 Å². The van der Waals surface area contributed by atoms with E-state index in [1.165, 1.54) is 6.07 Å². The zero-order chi connectivity index (χ0) is 21.3. The monoisotopic (exact) mass is 453 g/mol. The molecule has 1 aliphatic rings. The van der Waals surface area contributed by atoms with Gasteiger partial charge in [-0.1, -0.05) is 30.3 Å². The van der Waals surface area contributed by atoms with Gasteiger partial charge in [0.1, 0.15) is 17.1 Å². The summed E-state index contributed by atoms with van der Waals surface area (Å²) in [7, 11) is 0. The Hall–Kier alpha value is -2.71. The van der Waals surface area contributed by atoms with Crippen molar-refractivity contribution in [3.8, 4) is 5.75 Å². The second kappa shape index (κ2) is 9.20. The summed E-state index contributed by atoms with van der Waals surface area (Å²) < 4.78 is 43.3. The van der Waals surface area contributed by atoms with E-state index in [0.717, 1.165) is 40.9 Å². The standard InChI is InChI=1S/C22H22F3N3O2.ClH/c1-14-5-2-3-7-17(14)28-11-9-16-20(28)15-6-4-8-18(30-13-22(23,24)25)19(15)27-21(16)26-10-12-29;/h2-8,29H,9-13H2,1H3,(H,26,27);1H. The second-order valence-electron chi connectivity index (χ2n) is 7.18. The Morgan fingerprint density at radius 2 is 1.94 bits per heavy atom. The smallest absolute Gasteiger partial charge is 0.422 e. The van der Waals surface area contributed by atoms with Crippen molar-refractivity contribution in [3.05, 3.63) is 53.6 Å². The molecular formula is C22H23ClF3N3O2. The molecule has 0 atom stereocenters. The van der Waals surface area contributed by atoms with Crippen LogP contribution in [0.1, 0.15) is 11.1 Å². The van der Waals surface area contributed by atoms with Crippen molar-refractivity contribution in [3.63, 3.8) is 0 Å². The molecule has 1 aliphatic heterocycles. The van der Waals surface area contributed by atoms with Crippen molar-refractivity contribution in [2.45, 2.75) is 19.5 Å². The predicted octanol–water partition coefficient (Wildman–Crippen LogP) is 5.00. The topological polar surface area (TPSA) is 57.6 Å². The third-order valence-electron chi connectivity index (χ3n) is 5.11. The number of alkyl halides is 3. The lowest BCUT2D eigenvalue weighted by Gasteiger charge is -2.24. The summed E-state index contributed by atoms with van der Waals surface area (Å²) in [4.78, 5) is 6.77. The third kappa shape index (κ3) is 4.65. The molecule has 2 N–H and O–H groups in total. The van der Waals surface area contributed by atoms with Gasteiger partial charge < -0.3 is 20.1 Å². The number of nitrogens with one attached hydrogen (secondary N) is 1. The average molecular weight is 454 g/mol. The Bertz CT molecular complexity index is 1080. The highest BCUT2D eigenvalue weighted by atomic mass is 35.5. The van der Waals surface area contributed by atoms with Crippen molar-refractivity contribution in [1.82, 2.24) is 4.98 Å². The Morgan fingerprint density at radius 3 is 2.65 bits per heavy atom. The van der Waals surface area contributed by atoms with Gasteiger partial charge in [-0.2, -0.15) is 13.2 Å². The lowest BCUT2D eigenvalue weighted by Crippen LogP contribution is -2.19. The largest absolute Gasteiger partial charge is 0.482 e. The summed E-state index contributed by atoms with van der Waals surface area (Å²) >= 11 is 0. The number of pyridine rings is 1. The number of aromatic nitrogens is 1. The molecule has 0 bridgehead atoms. The maximum absolute atomic E-state index is 12.7. The molecule has 0 saturated heterocycles. The number of anilines is 3. The summed E-state index contributed by atoms with van der Waals surface area (Å²) in [6.45, 7) is 1.58. The molecule has 31 heavy (non-hydrogen) atoms. The van der Waals surface area contributed by atoms with Crippen LogP contribution in [-0.4, -0.2) is 42.6 Å². The van der Waals surface area contributed by atoms with E-state index in [0.29, 0.717) is 17.9 Å². The van der Waals surface area contributed by atoms with Gasteiger partial charge in [-0.25, -0.2) is 4.98 Å². The van der Waals surface area contributed by atoms with Gasteiger partial charge >= 0.3 is 6.18 Å². The van der Waals surface area contributed by atoms with Crippen molar-refractivity contribution in [1.29, 1.82) is 0 Å². The average Bonchev–Trinajstić information content (AvgIpc) is 3.15. The van der Waals surface area contributed by atoms with E-state index in [1.54, 1.807) is 6.07 Å². The van der Waals surface area contributed by atoms with Crippen LogP contribution in [0.4, 0.5) is 30.4 Å². The van der Waals surface area contributed by atoms with Crippen LogP contribution in [0.2, 0.25) is 0 Å². The number of aliphatic hydroxyl groups excluding tert-OH is 1. The third-order valence-corrected chi connectivity index (χ3v) is 5.11.